The Hall–Kier alpha value is -1.99. The maximum atomic E-state index is 13.5. The number of pyridine rings is 1. The third kappa shape index (κ3) is 2.78. The second-order valence-electron chi connectivity index (χ2n) is 4.20. The van der Waals surface area contributed by atoms with E-state index in [1.807, 2.05) is 13.0 Å². The number of rotatable bonds is 4. The second-order valence-corrected chi connectivity index (χ2v) is 5.80. The Morgan fingerprint density at radius 2 is 2.05 bits per heavy atom. The molecule has 0 fully saturated rings. The van der Waals surface area contributed by atoms with Gasteiger partial charge >= 0.3 is 0 Å². The summed E-state index contributed by atoms with van der Waals surface area (Å²) in [5.41, 5.74) is 7.46. The van der Waals surface area contributed by atoms with Crippen molar-refractivity contribution in [1.29, 1.82) is 0 Å². The van der Waals surface area contributed by atoms with E-state index >= 15 is 0 Å². The van der Waals surface area contributed by atoms with Crippen molar-refractivity contribution < 1.29 is 12.8 Å². The molecule has 20 heavy (non-hydrogen) atoms. The SMILES string of the molecule is Cc1cccc(NS(=O)(=O)c2ncccc2F)c1CN. The number of aromatic nitrogens is 1. The number of nitrogens with zero attached hydrogens (tertiary/aromatic N) is 1. The van der Waals surface area contributed by atoms with Crippen molar-refractivity contribution in [3.63, 3.8) is 0 Å². The van der Waals surface area contributed by atoms with Crippen LogP contribution in [0, 0.1) is 12.7 Å². The van der Waals surface area contributed by atoms with Crippen molar-refractivity contribution in [3.8, 4) is 0 Å². The summed E-state index contributed by atoms with van der Waals surface area (Å²) in [7, 11) is -4.09. The highest BCUT2D eigenvalue weighted by molar-refractivity contribution is 7.92. The molecule has 0 bridgehead atoms. The number of halogens is 1. The summed E-state index contributed by atoms with van der Waals surface area (Å²) < 4.78 is 40.2. The molecule has 0 saturated heterocycles. The zero-order valence-corrected chi connectivity index (χ0v) is 11.6. The Morgan fingerprint density at radius 1 is 1.30 bits per heavy atom. The molecule has 0 aliphatic heterocycles. The lowest BCUT2D eigenvalue weighted by molar-refractivity contribution is 0.557. The normalized spacial score (nSPS) is 11.3. The quantitative estimate of drug-likeness (QED) is 0.900. The molecule has 7 heteroatoms. The monoisotopic (exact) mass is 295 g/mol. The molecule has 0 unspecified atom stereocenters. The molecule has 5 nitrogen and oxygen atoms in total. The molecule has 2 rings (SSSR count). The van der Waals surface area contributed by atoms with Gasteiger partial charge in [0.2, 0.25) is 5.03 Å². The standard InChI is InChI=1S/C13H14FN3O2S/c1-9-4-2-6-12(10(9)8-15)17-20(18,19)13-11(14)5-3-7-16-13/h2-7,17H,8,15H2,1H3. The molecule has 0 amide bonds. The van der Waals surface area contributed by atoms with Gasteiger partial charge in [0.25, 0.3) is 10.0 Å². The summed E-state index contributed by atoms with van der Waals surface area (Å²) in [6.07, 6.45) is 1.22. The van der Waals surface area contributed by atoms with Crippen molar-refractivity contribution in [2.75, 3.05) is 4.72 Å². The van der Waals surface area contributed by atoms with E-state index in [9.17, 15) is 12.8 Å². The predicted octanol–water partition coefficient (Wildman–Crippen LogP) is 1.79. The van der Waals surface area contributed by atoms with Crippen LogP contribution >= 0.6 is 0 Å². The molecule has 106 valence electrons. The molecule has 0 aliphatic rings. The number of sulfonamides is 1. The maximum absolute atomic E-state index is 13.5. The van der Waals surface area contributed by atoms with E-state index in [-0.39, 0.29) is 6.54 Å². The molecular weight excluding hydrogens is 281 g/mol. The smallest absolute Gasteiger partial charge is 0.282 e. The van der Waals surface area contributed by atoms with E-state index in [0.29, 0.717) is 11.3 Å². The lowest BCUT2D eigenvalue weighted by Gasteiger charge is -2.13. The fraction of sp³-hybridized carbons (Fsp3) is 0.154. The third-order valence-electron chi connectivity index (χ3n) is 2.84. The highest BCUT2D eigenvalue weighted by atomic mass is 32.2. The van der Waals surface area contributed by atoms with Crippen LogP contribution in [-0.2, 0) is 16.6 Å². The molecule has 0 radical (unpaired) electrons. The Labute approximate surface area is 116 Å². The van der Waals surface area contributed by atoms with Crippen LogP contribution < -0.4 is 10.5 Å². The minimum atomic E-state index is -4.09. The lowest BCUT2D eigenvalue weighted by Crippen LogP contribution is -2.18. The first-order chi connectivity index (χ1) is 9.45. The fourth-order valence-electron chi connectivity index (χ4n) is 1.83. The number of anilines is 1. The Bertz CT molecular complexity index is 732. The average molecular weight is 295 g/mol. The number of hydrogen-bond acceptors (Lipinski definition) is 4. The summed E-state index contributed by atoms with van der Waals surface area (Å²) in [4.78, 5) is 3.57. The minimum absolute atomic E-state index is 0.176. The van der Waals surface area contributed by atoms with Gasteiger partial charge in [0.1, 0.15) is 0 Å². The van der Waals surface area contributed by atoms with Crippen LogP contribution in [0.15, 0.2) is 41.6 Å². The molecular formula is C13H14FN3O2S. The highest BCUT2D eigenvalue weighted by Gasteiger charge is 2.21. The van der Waals surface area contributed by atoms with Gasteiger partial charge in [-0.25, -0.2) is 9.37 Å². The van der Waals surface area contributed by atoms with Gasteiger partial charge in [-0.2, -0.15) is 8.42 Å². The molecule has 2 aromatic rings. The fourth-order valence-corrected chi connectivity index (χ4v) is 2.93. The van der Waals surface area contributed by atoms with Gasteiger partial charge in [0, 0.05) is 12.7 Å². The third-order valence-corrected chi connectivity index (χ3v) is 4.14. The first-order valence-corrected chi connectivity index (χ1v) is 7.36. The molecule has 1 aromatic carbocycles. The topological polar surface area (TPSA) is 85.1 Å². The van der Waals surface area contributed by atoms with Crippen LogP contribution in [0.4, 0.5) is 10.1 Å². The Morgan fingerprint density at radius 3 is 2.70 bits per heavy atom. The Kier molecular flexibility index (Phi) is 4.01. The summed E-state index contributed by atoms with van der Waals surface area (Å²) in [6, 6.07) is 7.46. The summed E-state index contributed by atoms with van der Waals surface area (Å²) in [5, 5.41) is -0.635. The highest BCUT2D eigenvalue weighted by Crippen LogP contribution is 2.22. The van der Waals surface area contributed by atoms with Crippen molar-refractivity contribution in [2.45, 2.75) is 18.5 Å². The van der Waals surface area contributed by atoms with Crippen LogP contribution in [0.2, 0.25) is 0 Å². The zero-order valence-electron chi connectivity index (χ0n) is 10.8. The number of aryl methyl sites for hydroxylation is 1. The largest absolute Gasteiger partial charge is 0.326 e. The van der Waals surface area contributed by atoms with E-state index in [1.165, 1.54) is 12.3 Å². The molecule has 0 spiro atoms. The summed E-state index contributed by atoms with van der Waals surface area (Å²) >= 11 is 0. The molecule has 3 N–H and O–H groups in total. The van der Waals surface area contributed by atoms with E-state index in [2.05, 4.69) is 9.71 Å². The van der Waals surface area contributed by atoms with Crippen molar-refractivity contribution in [2.24, 2.45) is 5.73 Å². The van der Waals surface area contributed by atoms with Gasteiger partial charge in [0.05, 0.1) is 5.69 Å². The summed E-state index contributed by atoms with van der Waals surface area (Å²) in [5.74, 6) is -0.901. The van der Waals surface area contributed by atoms with E-state index in [1.54, 1.807) is 12.1 Å². The second kappa shape index (κ2) is 5.56. The van der Waals surface area contributed by atoms with Crippen molar-refractivity contribution >= 4 is 15.7 Å². The van der Waals surface area contributed by atoms with E-state index < -0.39 is 20.9 Å². The van der Waals surface area contributed by atoms with Crippen LogP contribution in [-0.4, -0.2) is 13.4 Å². The van der Waals surface area contributed by atoms with Crippen molar-refractivity contribution in [3.05, 3.63) is 53.5 Å². The first kappa shape index (κ1) is 14.4. The molecule has 1 aromatic heterocycles. The lowest BCUT2D eigenvalue weighted by atomic mass is 10.1. The van der Waals surface area contributed by atoms with E-state index in [0.717, 1.165) is 11.6 Å². The number of nitrogens with one attached hydrogen (secondary N) is 1. The molecule has 0 atom stereocenters. The van der Waals surface area contributed by atoms with Gasteiger partial charge in [-0.05, 0) is 36.2 Å². The predicted molar refractivity (Wildman–Crippen MR) is 74.1 cm³/mol. The van der Waals surface area contributed by atoms with Gasteiger partial charge in [-0.15, -0.1) is 0 Å². The number of benzene rings is 1. The maximum Gasteiger partial charge on any atom is 0.282 e. The first-order valence-electron chi connectivity index (χ1n) is 5.87. The Balaban J connectivity index is 2.44. The minimum Gasteiger partial charge on any atom is -0.326 e. The number of nitrogens with two attached hydrogens (primary N) is 1. The molecule has 0 aliphatic carbocycles. The van der Waals surface area contributed by atoms with Crippen molar-refractivity contribution in [1.82, 2.24) is 4.98 Å². The van der Waals surface area contributed by atoms with Crippen LogP contribution in [0.3, 0.4) is 0 Å². The van der Waals surface area contributed by atoms with Gasteiger partial charge < -0.3 is 5.73 Å². The zero-order chi connectivity index (χ0) is 14.8. The van der Waals surface area contributed by atoms with Crippen LogP contribution in [0.25, 0.3) is 0 Å². The number of hydrogen-bond donors (Lipinski definition) is 2. The van der Waals surface area contributed by atoms with Gasteiger partial charge in [0.15, 0.2) is 5.82 Å². The van der Waals surface area contributed by atoms with Gasteiger partial charge in [-0.1, -0.05) is 12.1 Å². The molecule has 0 saturated carbocycles. The summed E-state index contributed by atoms with van der Waals surface area (Å²) in [6.45, 7) is 2.00. The van der Waals surface area contributed by atoms with Crippen LogP contribution in [0.1, 0.15) is 11.1 Å². The average Bonchev–Trinajstić information content (AvgIpc) is 2.39. The van der Waals surface area contributed by atoms with Gasteiger partial charge in [-0.3, -0.25) is 4.72 Å². The molecule has 1 heterocycles. The van der Waals surface area contributed by atoms with E-state index in [4.69, 9.17) is 5.73 Å². The van der Waals surface area contributed by atoms with Crippen LogP contribution in [0.5, 0.6) is 0 Å².